The van der Waals surface area contributed by atoms with Crippen molar-refractivity contribution in [1.82, 2.24) is 9.55 Å². The molecule has 1 aromatic heterocycles. The fraction of sp³-hybridized carbons (Fsp3) is 0.0769. The molecule has 0 bridgehead atoms. The van der Waals surface area contributed by atoms with Crippen LogP contribution in [0.25, 0.3) is 44.3 Å². The zero-order chi connectivity index (χ0) is 19.4. The highest BCUT2D eigenvalue weighted by atomic mass is 16.1. The van der Waals surface area contributed by atoms with Crippen molar-refractivity contribution in [3.05, 3.63) is 90.5 Å². The van der Waals surface area contributed by atoms with Crippen molar-refractivity contribution < 1.29 is 4.79 Å². The van der Waals surface area contributed by atoms with Crippen LogP contribution in [0.3, 0.4) is 0 Å². The van der Waals surface area contributed by atoms with Crippen LogP contribution in [0.2, 0.25) is 0 Å². The molecule has 0 saturated heterocycles. The Morgan fingerprint density at radius 1 is 0.759 bits per heavy atom. The maximum Gasteiger partial charge on any atom is 0.166 e. The van der Waals surface area contributed by atoms with E-state index in [2.05, 4.69) is 71.3 Å². The average molecular weight is 374 g/mol. The number of fused-ring (bicyclic) bond motifs is 1. The van der Waals surface area contributed by atoms with E-state index in [0.29, 0.717) is 13.0 Å². The minimum absolute atomic E-state index is 0.207. The number of aromatic nitrogens is 2. The fourth-order valence-electron chi connectivity index (χ4n) is 4.50. The molecule has 0 radical (unpaired) electrons. The molecule has 3 heteroatoms. The fourth-order valence-corrected chi connectivity index (χ4v) is 4.50. The smallest absolute Gasteiger partial charge is 0.166 e. The molecular weight excluding hydrogens is 356 g/mol. The first-order valence-electron chi connectivity index (χ1n) is 9.91. The first-order valence-corrected chi connectivity index (χ1v) is 9.91. The summed E-state index contributed by atoms with van der Waals surface area (Å²) in [6.45, 7) is 0.681. The number of ketones is 1. The maximum absolute atomic E-state index is 12.3. The SMILES string of the molecule is O=C1CCn2c(-c3cccc(-c4cccc5ccccc45)c3)nc3cccc1c32. The third kappa shape index (κ3) is 2.44. The van der Waals surface area contributed by atoms with Gasteiger partial charge in [0, 0.05) is 24.1 Å². The standard InChI is InChI=1S/C26H18N2O/c29-24-14-15-28-25-22(24)12-5-13-23(25)27-26(28)19-9-3-8-18(16-19)21-11-4-7-17-6-1-2-10-20(17)21/h1-13,16H,14-15H2. The summed E-state index contributed by atoms with van der Waals surface area (Å²) >= 11 is 0. The van der Waals surface area contributed by atoms with Gasteiger partial charge in [-0.3, -0.25) is 4.79 Å². The van der Waals surface area contributed by atoms with Gasteiger partial charge in [0.2, 0.25) is 0 Å². The van der Waals surface area contributed by atoms with Crippen LogP contribution in [0.1, 0.15) is 16.8 Å². The molecule has 0 spiro atoms. The van der Waals surface area contributed by atoms with Gasteiger partial charge < -0.3 is 4.57 Å². The molecule has 138 valence electrons. The van der Waals surface area contributed by atoms with Crippen LogP contribution in [-0.2, 0) is 6.54 Å². The minimum atomic E-state index is 0.207. The van der Waals surface area contributed by atoms with Crippen molar-refractivity contribution in [2.75, 3.05) is 0 Å². The van der Waals surface area contributed by atoms with Crippen LogP contribution < -0.4 is 0 Å². The molecule has 4 aromatic carbocycles. The molecule has 1 aliphatic heterocycles. The van der Waals surface area contributed by atoms with Gasteiger partial charge in [0.05, 0.1) is 11.0 Å². The molecule has 0 unspecified atom stereocenters. The summed E-state index contributed by atoms with van der Waals surface area (Å²) in [5.41, 5.74) is 6.11. The lowest BCUT2D eigenvalue weighted by Gasteiger charge is -2.16. The number of rotatable bonds is 2. The van der Waals surface area contributed by atoms with Crippen molar-refractivity contribution in [2.24, 2.45) is 0 Å². The number of para-hydroxylation sites is 1. The number of hydrogen-bond donors (Lipinski definition) is 0. The van der Waals surface area contributed by atoms with Gasteiger partial charge >= 0.3 is 0 Å². The second-order valence-corrected chi connectivity index (χ2v) is 7.54. The van der Waals surface area contributed by atoms with E-state index in [4.69, 9.17) is 4.98 Å². The molecule has 5 aromatic rings. The summed E-state index contributed by atoms with van der Waals surface area (Å²) in [4.78, 5) is 17.2. The van der Waals surface area contributed by atoms with E-state index in [1.54, 1.807) is 0 Å². The molecule has 0 atom stereocenters. The van der Waals surface area contributed by atoms with Crippen molar-refractivity contribution in [2.45, 2.75) is 13.0 Å². The Balaban J connectivity index is 1.57. The predicted octanol–water partition coefficient (Wildman–Crippen LogP) is 6.11. The van der Waals surface area contributed by atoms with Gasteiger partial charge in [-0.1, -0.05) is 66.7 Å². The van der Waals surface area contributed by atoms with Gasteiger partial charge in [-0.15, -0.1) is 0 Å². The molecule has 6 rings (SSSR count). The average Bonchev–Trinajstić information content (AvgIpc) is 3.16. The number of hydrogen-bond acceptors (Lipinski definition) is 2. The Morgan fingerprint density at radius 3 is 2.48 bits per heavy atom. The van der Waals surface area contributed by atoms with Gasteiger partial charge in [-0.05, 0) is 40.1 Å². The van der Waals surface area contributed by atoms with E-state index >= 15 is 0 Å². The van der Waals surface area contributed by atoms with E-state index in [9.17, 15) is 4.79 Å². The van der Waals surface area contributed by atoms with E-state index in [1.165, 1.54) is 21.9 Å². The van der Waals surface area contributed by atoms with E-state index in [1.807, 2.05) is 18.2 Å². The van der Waals surface area contributed by atoms with Gasteiger partial charge in [0.1, 0.15) is 5.82 Å². The highest BCUT2D eigenvalue weighted by Crippen LogP contribution is 2.34. The van der Waals surface area contributed by atoms with Crippen LogP contribution in [0.5, 0.6) is 0 Å². The number of carbonyl (C=O) groups is 1. The van der Waals surface area contributed by atoms with Gasteiger partial charge in [0.15, 0.2) is 5.78 Å². The quantitative estimate of drug-likeness (QED) is 0.374. The van der Waals surface area contributed by atoms with E-state index < -0.39 is 0 Å². The maximum atomic E-state index is 12.3. The topological polar surface area (TPSA) is 34.9 Å². The molecule has 29 heavy (non-hydrogen) atoms. The van der Waals surface area contributed by atoms with Crippen molar-refractivity contribution in [3.8, 4) is 22.5 Å². The van der Waals surface area contributed by atoms with E-state index in [0.717, 1.165) is 28.0 Å². The normalized spacial score (nSPS) is 13.3. The first-order chi connectivity index (χ1) is 14.3. The summed E-state index contributed by atoms with van der Waals surface area (Å²) in [5.74, 6) is 1.14. The number of aryl methyl sites for hydroxylation is 1. The summed E-state index contributed by atoms with van der Waals surface area (Å²) in [7, 11) is 0. The van der Waals surface area contributed by atoms with Crippen LogP contribution in [0.4, 0.5) is 0 Å². The molecule has 0 aliphatic carbocycles. The van der Waals surface area contributed by atoms with Crippen molar-refractivity contribution in [1.29, 1.82) is 0 Å². The lowest BCUT2D eigenvalue weighted by Crippen LogP contribution is -2.14. The molecule has 0 fully saturated rings. The lowest BCUT2D eigenvalue weighted by atomic mass is 9.97. The summed E-state index contributed by atoms with van der Waals surface area (Å²) in [5, 5.41) is 2.48. The first kappa shape index (κ1) is 16.3. The minimum Gasteiger partial charge on any atom is -0.323 e. The molecule has 0 saturated carbocycles. The Bertz CT molecular complexity index is 1420. The lowest BCUT2D eigenvalue weighted by molar-refractivity contribution is 0.0973. The van der Waals surface area contributed by atoms with E-state index in [-0.39, 0.29) is 5.78 Å². The van der Waals surface area contributed by atoms with Crippen molar-refractivity contribution >= 4 is 27.6 Å². The number of imidazole rings is 1. The number of Topliss-reactive ketones (excluding diaryl/α,β-unsaturated/α-hetero) is 1. The number of benzene rings is 4. The van der Waals surface area contributed by atoms with Crippen LogP contribution >= 0.6 is 0 Å². The summed E-state index contributed by atoms with van der Waals surface area (Å²) in [6.07, 6.45) is 0.526. The molecule has 0 amide bonds. The summed E-state index contributed by atoms with van der Waals surface area (Å²) < 4.78 is 2.20. The van der Waals surface area contributed by atoms with Gasteiger partial charge in [-0.2, -0.15) is 0 Å². The number of carbonyl (C=O) groups excluding carboxylic acids is 1. The highest BCUT2D eigenvalue weighted by Gasteiger charge is 2.23. The highest BCUT2D eigenvalue weighted by molar-refractivity contribution is 6.08. The molecular formula is C26H18N2O. The summed E-state index contributed by atoms with van der Waals surface area (Å²) in [6, 6.07) is 29.3. The van der Waals surface area contributed by atoms with Crippen molar-refractivity contribution in [3.63, 3.8) is 0 Å². The Hall–Kier alpha value is -3.72. The Kier molecular flexibility index (Phi) is 3.44. The van der Waals surface area contributed by atoms with Crippen LogP contribution in [0.15, 0.2) is 84.9 Å². The molecule has 3 nitrogen and oxygen atoms in total. The Morgan fingerprint density at radius 2 is 1.52 bits per heavy atom. The van der Waals surface area contributed by atoms with Gasteiger partial charge in [0.25, 0.3) is 0 Å². The zero-order valence-corrected chi connectivity index (χ0v) is 15.8. The second kappa shape index (κ2) is 6.14. The number of nitrogens with zero attached hydrogens (tertiary/aromatic N) is 2. The zero-order valence-electron chi connectivity index (χ0n) is 15.8. The third-order valence-corrected chi connectivity index (χ3v) is 5.85. The monoisotopic (exact) mass is 374 g/mol. The molecule has 1 aliphatic rings. The van der Waals surface area contributed by atoms with Gasteiger partial charge in [-0.25, -0.2) is 4.98 Å². The predicted molar refractivity (Wildman–Crippen MR) is 117 cm³/mol. The van der Waals surface area contributed by atoms with Crippen LogP contribution in [0, 0.1) is 0 Å². The van der Waals surface area contributed by atoms with Crippen LogP contribution in [-0.4, -0.2) is 15.3 Å². The molecule has 2 heterocycles. The Labute approximate surface area is 168 Å². The molecule has 0 N–H and O–H groups in total. The third-order valence-electron chi connectivity index (χ3n) is 5.85. The second-order valence-electron chi connectivity index (χ2n) is 7.54. The largest absolute Gasteiger partial charge is 0.323 e.